The van der Waals surface area contributed by atoms with Crippen LogP contribution >= 0.6 is 0 Å². The highest BCUT2D eigenvalue weighted by Gasteiger charge is 2.35. The molecule has 0 unspecified atom stereocenters. The summed E-state index contributed by atoms with van der Waals surface area (Å²) in [7, 11) is 0. The number of hydrogen-bond acceptors (Lipinski definition) is 0. The van der Waals surface area contributed by atoms with Crippen molar-refractivity contribution in [2.75, 3.05) is 0 Å². The smallest absolute Gasteiger partial charge is 0.0500 e. The van der Waals surface area contributed by atoms with Crippen molar-refractivity contribution in [2.24, 2.45) is 0 Å². The maximum absolute atomic E-state index is 2.48. The lowest BCUT2D eigenvalue weighted by Crippen LogP contribution is -2.14. The number of aromatic nitrogens is 1. The third-order valence-electron chi connectivity index (χ3n) is 5.93. The molecule has 5 rings (SSSR count). The molecule has 0 amide bonds. The SMILES string of the molecule is CC(C)n1c2ccccc2c2cc3c(cc21)-c1ccccc1C3(C)C. The summed E-state index contributed by atoms with van der Waals surface area (Å²) in [5, 5.41) is 2.74. The van der Waals surface area contributed by atoms with Crippen LogP contribution in [-0.4, -0.2) is 4.57 Å². The Morgan fingerprint density at radius 2 is 1.44 bits per heavy atom. The van der Waals surface area contributed by atoms with E-state index in [2.05, 4.69) is 92.9 Å². The molecule has 1 aliphatic carbocycles. The number of fused-ring (bicyclic) bond motifs is 6. The molecule has 1 heteroatoms. The lowest BCUT2D eigenvalue weighted by molar-refractivity contribution is 0.641. The fourth-order valence-corrected chi connectivity index (χ4v) is 4.75. The fraction of sp³-hybridized carbons (Fsp3) is 0.250. The van der Waals surface area contributed by atoms with Gasteiger partial charge in [-0.25, -0.2) is 0 Å². The number of nitrogens with zero attached hydrogens (tertiary/aromatic N) is 1. The summed E-state index contributed by atoms with van der Waals surface area (Å²) in [6.45, 7) is 9.25. The summed E-state index contributed by atoms with van der Waals surface area (Å²) in [5.41, 5.74) is 8.43. The van der Waals surface area contributed by atoms with Gasteiger partial charge in [0.1, 0.15) is 0 Å². The standard InChI is InChI=1S/C24H23N/c1-15(2)25-22-12-8-6-10-17(22)19-13-21-18(14-23(19)25)16-9-5-7-11-20(16)24(21,3)4/h5-15H,1-4H3. The fourth-order valence-electron chi connectivity index (χ4n) is 4.75. The minimum atomic E-state index is 0.0567. The lowest BCUT2D eigenvalue weighted by Gasteiger charge is -2.21. The topological polar surface area (TPSA) is 4.93 Å². The molecular weight excluding hydrogens is 302 g/mol. The van der Waals surface area contributed by atoms with E-state index in [-0.39, 0.29) is 5.41 Å². The number of benzene rings is 3. The van der Waals surface area contributed by atoms with Gasteiger partial charge in [0.15, 0.2) is 0 Å². The Labute approximate surface area is 148 Å². The molecule has 0 bridgehead atoms. The Balaban J connectivity index is 1.97. The molecule has 1 aliphatic rings. The van der Waals surface area contributed by atoms with Crippen molar-refractivity contribution in [2.45, 2.75) is 39.2 Å². The van der Waals surface area contributed by atoms with Gasteiger partial charge in [-0.15, -0.1) is 0 Å². The van der Waals surface area contributed by atoms with Gasteiger partial charge in [0.2, 0.25) is 0 Å². The summed E-state index contributed by atoms with van der Waals surface area (Å²) >= 11 is 0. The van der Waals surface area contributed by atoms with Gasteiger partial charge in [-0.1, -0.05) is 56.3 Å². The van der Waals surface area contributed by atoms with Gasteiger partial charge in [-0.2, -0.15) is 0 Å². The van der Waals surface area contributed by atoms with Crippen molar-refractivity contribution in [1.82, 2.24) is 4.57 Å². The predicted octanol–water partition coefficient (Wildman–Crippen LogP) is 6.68. The van der Waals surface area contributed by atoms with Crippen LogP contribution in [0.4, 0.5) is 0 Å². The van der Waals surface area contributed by atoms with Crippen LogP contribution in [0.2, 0.25) is 0 Å². The van der Waals surface area contributed by atoms with Gasteiger partial charge >= 0.3 is 0 Å². The zero-order valence-corrected chi connectivity index (χ0v) is 15.3. The van der Waals surface area contributed by atoms with Gasteiger partial charge in [-0.05, 0) is 54.3 Å². The van der Waals surface area contributed by atoms with Crippen molar-refractivity contribution in [1.29, 1.82) is 0 Å². The van der Waals surface area contributed by atoms with Crippen molar-refractivity contribution in [3.63, 3.8) is 0 Å². The van der Waals surface area contributed by atoms with Gasteiger partial charge in [-0.3, -0.25) is 0 Å². The van der Waals surface area contributed by atoms with Crippen molar-refractivity contribution in [3.05, 3.63) is 71.8 Å². The molecule has 0 N–H and O–H groups in total. The Morgan fingerprint density at radius 3 is 2.24 bits per heavy atom. The largest absolute Gasteiger partial charge is 0.338 e. The quantitative estimate of drug-likeness (QED) is 0.368. The van der Waals surface area contributed by atoms with E-state index in [1.807, 2.05) is 0 Å². The Kier molecular flexibility index (Phi) is 2.81. The van der Waals surface area contributed by atoms with Crippen LogP contribution < -0.4 is 0 Å². The first kappa shape index (κ1) is 14.8. The van der Waals surface area contributed by atoms with E-state index in [0.29, 0.717) is 6.04 Å². The van der Waals surface area contributed by atoms with Crippen LogP contribution in [0, 0.1) is 0 Å². The zero-order chi connectivity index (χ0) is 17.3. The maximum atomic E-state index is 2.48. The Hall–Kier alpha value is -2.54. The van der Waals surface area contributed by atoms with E-state index in [9.17, 15) is 0 Å². The van der Waals surface area contributed by atoms with E-state index in [1.54, 1.807) is 0 Å². The summed E-state index contributed by atoms with van der Waals surface area (Å²) in [5.74, 6) is 0. The highest BCUT2D eigenvalue weighted by Crippen LogP contribution is 2.50. The van der Waals surface area contributed by atoms with Crippen LogP contribution in [0.25, 0.3) is 32.9 Å². The van der Waals surface area contributed by atoms with Crippen LogP contribution in [0.15, 0.2) is 60.7 Å². The number of para-hydroxylation sites is 1. The maximum Gasteiger partial charge on any atom is 0.0500 e. The summed E-state index contributed by atoms with van der Waals surface area (Å²) in [6.07, 6.45) is 0. The minimum Gasteiger partial charge on any atom is -0.338 e. The highest BCUT2D eigenvalue weighted by atomic mass is 15.0. The molecule has 3 aromatic carbocycles. The average Bonchev–Trinajstić information content (AvgIpc) is 3.04. The van der Waals surface area contributed by atoms with Crippen LogP contribution in [0.3, 0.4) is 0 Å². The van der Waals surface area contributed by atoms with Gasteiger partial charge < -0.3 is 4.57 Å². The summed E-state index contributed by atoms with van der Waals surface area (Å²) in [4.78, 5) is 0. The zero-order valence-electron chi connectivity index (χ0n) is 15.3. The van der Waals surface area contributed by atoms with E-state index < -0.39 is 0 Å². The molecule has 0 aliphatic heterocycles. The van der Waals surface area contributed by atoms with E-state index in [1.165, 1.54) is 44.1 Å². The summed E-state index contributed by atoms with van der Waals surface area (Å²) < 4.78 is 2.48. The first-order chi connectivity index (χ1) is 12.0. The van der Waals surface area contributed by atoms with Crippen LogP contribution in [-0.2, 0) is 5.41 Å². The molecule has 4 aromatic rings. The lowest BCUT2D eigenvalue weighted by atomic mass is 9.82. The third-order valence-corrected chi connectivity index (χ3v) is 5.93. The number of rotatable bonds is 1. The van der Waals surface area contributed by atoms with Crippen molar-refractivity contribution in [3.8, 4) is 11.1 Å². The predicted molar refractivity (Wildman–Crippen MR) is 107 cm³/mol. The molecule has 1 nitrogen and oxygen atoms in total. The second kappa shape index (κ2) is 4.76. The van der Waals surface area contributed by atoms with Crippen LogP contribution in [0.1, 0.15) is 44.9 Å². The van der Waals surface area contributed by atoms with E-state index in [4.69, 9.17) is 0 Å². The van der Waals surface area contributed by atoms with Crippen molar-refractivity contribution < 1.29 is 0 Å². The second-order valence-corrected chi connectivity index (χ2v) is 8.07. The Morgan fingerprint density at radius 1 is 0.720 bits per heavy atom. The molecule has 1 aromatic heterocycles. The molecule has 0 saturated carbocycles. The first-order valence-electron chi connectivity index (χ1n) is 9.17. The van der Waals surface area contributed by atoms with Gasteiger partial charge in [0, 0.05) is 33.3 Å². The second-order valence-electron chi connectivity index (χ2n) is 8.07. The van der Waals surface area contributed by atoms with E-state index >= 15 is 0 Å². The van der Waals surface area contributed by atoms with Crippen LogP contribution in [0.5, 0.6) is 0 Å². The van der Waals surface area contributed by atoms with E-state index in [0.717, 1.165) is 0 Å². The molecule has 25 heavy (non-hydrogen) atoms. The molecular formula is C24H23N. The molecule has 0 atom stereocenters. The first-order valence-corrected chi connectivity index (χ1v) is 9.17. The highest BCUT2D eigenvalue weighted by molar-refractivity contribution is 6.10. The van der Waals surface area contributed by atoms with Gasteiger partial charge in [0.25, 0.3) is 0 Å². The number of hydrogen-bond donors (Lipinski definition) is 0. The molecule has 0 radical (unpaired) electrons. The minimum absolute atomic E-state index is 0.0567. The molecule has 0 saturated heterocycles. The molecule has 0 spiro atoms. The molecule has 124 valence electrons. The van der Waals surface area contributed by atoms with Gasteiger partial charge in [0.05, 0.1) is 0 Å². The normalized spacial score (nSPS) is 15.1. The summed E-state index contributed by atoms with van der Waals surface area (Å²) in [6, 6.07) is 23.0. The average molecular weight is 325 g/mol. The third kappa shape index (κ3) is 1.79. The molecule has 0 fully saturated rings. The monoisotopic (exact) mass is 325 g/mol. The van der Waals surface area contributed by atoms with Crippen molar-refractivity contribution >= 4 is 21.8 Å². The molecule has 1 heterocycles. The Bertz CT molecular complexity index is 1140.